The number of rotatable bonds is 1. The first-order valence-corrected chi connectivity index (χ1v) is 6.02. The van der Waals surface area contributed by atoms with Crippen LogP contribution in [0.25, 0.3) is 0 Å². The van der Waals surface area contributed by atoms with E-state index in [0.29, 0.717) is 5.82 Å². The van der Waals surface area contributed by atoms with E-state index >= 15 is 0 Å². The molecule has 18 heavy (non-hydrogen) atoms. The summed E-state index contributed by atoms with van der Waals surface area (Å²) >= 11 is 0. The van der Waals surface area contributed by atoms with Crippen molar-refractivity contribution in [1.29, 1.82) is 0 Å². The molecule has 0 aliphatic carbocycles. The Kier molecular flexibility index (Phi) is 2.85. The number of morpholine rings is 1. The summed E-state index contributed by atoms with van der Waals surface area (Å²) in [6.45, 7) is 9.74. The van der Waals surface area contributed by atoms with Gasteiger partial charge in [0.05, 0.1) is 11.2 Å². The third-order valence-electron chi connectivity index (χ3n) is 2.77. The van der Waals surface area contributed by atoms with E-state index in [-0.39, 0.29) is 17.2 Å². The minimum Gasteiger partial charge on any atom is -0.383 e. The van der Waals surface area contributed by atoms with E-state index in [1.165, 1.54) is 0 Å². The molecule has 0 amide bonds. The lowest BCUT2D eigenvalue weighted by Crippen LogP contribution is -2.57. The van der Waals surface area contributed by atoms with Gasteiger partial charge in [-0.15, -0.1) is 0 Å². The van der Waals surface area contributed by atoms with Crippen LogP contribution in [0.2, 0.25) is 0 Å². The van der Waals surface area contributed by atoms with E-state index in [4.69, 9.17) is 16.2 Å². The molecule has 0 atom stereocenters. The first kappa shape index (κ1) is 12.9. The summed E-state index contributed by atoms with van der Waals surface area (Å²) in [6.07, 6.45) is 0. The first-order chi connectivity index (χ1) is 8.17. The van der Waals surface area contributed by atoms with E-state index in [1.54, 1.807) is 6.07 Å². The minimum atomic E-state index is -0.240. The molecular weight excluding hydrogens is 230 g/mol. The van der Waals surface area contributed by atoms with Crippen molar-refractivity contribution in [1.82, 2.24) is 9.97 Å². The summed E-state index contributed by atoms with van der Waals surface area (Å²) in [5, 5.41) is 0. The molecule has 100 valence electrons. The zero-order chi connectivity index (χ0) is 13.6. The fourth-order valence-corrected chi connectivity index (χ4v) is 2.58. The molecule has 1 aromatic heterocycles. The second-order valence-corrected chi connectivity index (χ2v) is 5.99. The van der Waals surface area contributed by atoms with E-state index in [0.717, 1.165) is 18.9 Å². The van der Waals surface area contributed by atoms with Gasteiger partial charge in [0.1, 0.15) is 11.6 Å². The molecule has 1 aromatic rings. The molecule has 0 saturated carbocycles. The van der Waals surface area contributed by atoms with E-state index < -0.39 is 0 Å². The maximum absolute atomic E-state index is 6.03. The molecule has 1 fully saturated rings. The van der Waals surface area contributed by atoms with Gasteiger partial charge in [0, 0.05) is 19.2 Å². The van der Waals surface area contributed by atoms with Crippen LogP contribution in [-0.4, -0.2) is 34.3 Å². The van der Waals surface area contributed by atoms with Crippen LogP contribution in [0.4, 0.5) is 17.6 Å². The maximum atomic E-state index is 6.03. The first-order valence-electron chi connectivity index (χ1n) is 6.02. The average molecular weight is 251 g/mol. The van der Waals surface area contributed by atoms with Crippen molar-refractivity contribution < 1.29 is 4.74 Å². The van der Waals surface area contributed by atoms with Crippen LogP contribution in [0.5, 0.6) is 0 Å². The SMILES string of the molecule is CC1(C)CN(c2cc(N)nc(N)n2)CC(C)(C)O1. The fraction of sp³-hybridized carbons (Fsp3) is 0.667. The Bertz CT molecular complexity index is 422. The van der Waals surface area contributed by atoms with Crippen molar-refractivity contribution in [2.24, 2.45) is 0 Å². The monoisotopic (exact) mass is 251 g/mol. The lowest BCUT2D eigenvalue weighted by atomic mass is 9.99. The summed E-state index contributed by atoms with van der Waals surface area (Å²) in [6, 6.07) is 1.74. The summed E-state index contributed by atoms with van der Waals surface area (Å²) < 4.78 is 6.03. The van der Waals surface area contributed by atoms with Gasteiger partial charge in [-0.25, -0.2) is 0 Å². The lowest BCUT2D eigenvalue weighted by molar-refractivity contribution is -0.133. The van der Waals surface area contributed by atoms with Crippen LogP contribution < -0.4 is 16.4 Å². The molecule has 6 nitrogen and oxygen atoms in total. The van der Waals surface area contributed by atoms with Gasteiger partial charge in [0.2, 0.25) is 5.95 Å². The quantitative estimate of drug-likeness (QED) is 0.775. The molecule has 0 spiro atoms. The van der Waals surface area contributed by atoms with Gasteiger partial charge >= 0.3 is 0 Å². The number of ether oxygens (including phenoxy) is 1. The van der Waals surface area contributed by atoms with Gasteiger partial charge in [-0.3, -0.25) is 0 Å². The molecule has 0 unspecified atom stereocenters. The van der Waals surface area contributed by atoms with Crippen LogP contribution >= 0.6 is 0 Å². The zero-order valence-corrected chi connectivity index (χ0v) is 11.4. The molecule has 2 rings (SSSR count). The van der Waals surface area contributed by atoms with Gasteiger partial charge in [-0.05, 0) is 27.7 Å². The second kappa shape index (κ2) is 3.98. The summed E-state index contributed by atoms with van der Waals surface area (Å²) in [4.78, 5) is 10.3. The Hall–Kier alpha value is -1.56. The third-order valence-corrected chi connectivity index (χ3v) is 2.77. The van der Waals surface area contributed by atoms with Gasteiger partial charge in [0.25, 0.3) is 0 Å². The molecule has 1 aliphatic rings. The van der Waals surface area contributed by atoms with Crippen molar-refractivity contribution in [3.05, 3.63) is 6.07 Å². The fourth-order valence-electron chi connectivity index (χ4n) is 2.58. The number of anilines is 3. The molecular formula is C12H21N5O. The van der Waals surface area contributed by atoms with Crippen molar-refractivity contribution >= 4 is 17.6 Å². The predicted molar refractivity (Wildman–Crippen MR) is 72.3 cm³/mol. The Morgan fingerprint density at radius 2 is 1.67 bits per heavy atom. The Morgan fingerprint density at radius 3 is 2.17 bits per heavy atom. The molecule has 4 N–H and O–H groups in total. The standard InChI is InChI=1S/C12H21N5O/c1-11(2)6-17(7-12(3,4)18-11)9-5-8(13)15-10(14)16-9/h5H,6-7H2,1-4H3,(H4,13,14,15,16). The molecule has 1 saturated heterocycles. The van der Waals surface area contributed by atoms with Crippen LogP contribution in [0.1, 0.15) is 27.7 Å². The van der Waals surface area contributed by atoms with Crippen LogP contribution in [0.15, 0.2) is 6.07 Å². The Balaban J connectivity index is 2.32. The number of nitrogen functional groups attached to an aromatic ring is 2. The Labute approximate surface area is 107 Å². The number of nitrogens with zero attached hydrogens (tertiary/aromatic N) is 3. The highest BCUT2D eigenvalue weighted by molar-refractivity contribution is 5.51. The highest BCUT2D eigenvalue weighted by atomic mass is 16.5. The largest absolute Gasteiger partial charge is 0.383 e. The van der Waals surface area contributed by atoms with Crippen LogP contribution in [0.3, 0.4) is 0 Å². The molecule has 0 aromatic carbocycles. The van der Waals surface area contributed by atoms with E-state index in [1.807, 2.05) is 0 Å². The predicted octanol–water partition coefficient (Wildman–Crippen LogP) is 1.03. The number of hydrogen-bond acceptors (Lipinski definition) is 6. The van der Waals surface area contributed by atoms with Crippen molar-refractivity contribution in [2.75, 3.05) is 29.5 Å². The van der Waals surface area contributed by atoms with E-state index in [2.05, 4.69) is 42.6 Å². The highest BCUT2D eigenvalue weighted by Crippen LogP contribution is 2.31. The second-order valence-electron chi connectivity index (χ2n) is 5.99. The van der Waals surface area contributed by atoms with Gasteiger partial charge < -0.3 is 21.1 Å². The van der Waals surface area contributed by atoms with E-state index in [9.17, 15) is 0 Å². The van der Waals surface area contributed by atoms with Crippen LogP contribution in [-0.2, 0) is 4.74 Å². The molecule has 1 aliphatic heterocycles. The number of hydrogen-bond donors (Lipinski definition) is 2. The molecule has 6 heteroatoms. The lowest BCUT2D eigenvalue weighted by Gasteiger charge is -2.47. The van der Waals surface area contributed by atoms with Gasteiger partial charge in [-0.2, -0.15) is 9.97 Å². The summed E-state index contributed by atoms with van der Waals surface area (Å²) in [5.74, 6) is 1.34. The third kappa shape index (κ3) is 2.81. The number of nitrogens with two attached hydrogens (primary N) is 2. The minimum absolute atomic E-state index is 0.201. The summed E-state index contributed by atoms with van der Waals surface area (Å²) in [7, 11) is 0. The molecule has 0 bridgehead atoms. The average Bonchev–Trinajstić information content (AvgIpc) is 2.10. The highest BCUT2D eigenvalue weighted by Gasteiger charge is 2.38. The zero-order valence-electron chi connectivity index (χ0n) is 11.4. The maximum Gasteiger partial charge on any atom is 0.223 e. The van der Waals surface area contributed by atoms with Crippen molar-refractivity contribution in [3.63, 3.8) is 0 Å². The van der Waals surface area contributed by atoms with Crippen molar-refractivity contribution in [2.45, 2.75) is 38.9 Å². The van der Waals surface area contributed by atoms with Crippen molar-refractivity contribution in [3.8, 4) is 0 Å². The van der Waals surface area contributed by atoms with Gasteiger partial charge in [0.15, 0.2) is 0 Å². The number of aromatic nitrogens is 2. The topological polar surface area (TPSA) is 90.3 Å². The molecule has 2 heterocycles. The Morgan fingerprint density at radius 1 is 1.11 bits per heavy atom. The van der Waals surface area contributed by atoms with Gasteiger partial charge in [-0.1, -0.05) is 0 Å². The van der Waals surface area contributed by atoms with Crippen LogP contribution in [0, 0.1) is 0 Å². The molecule has 0 radical (unpaired) electrons. The smallest absolute Gasteiger partial charge is 0.223 e. The summed E-state index contributed by atoms with van der Waals surface area (Å²) in [5.41, 5.74) is 10.9. The normalized spacial score (nSPS) is 21.9.